The molecule has 0 atom stereocenters. The average molecular weight is 439 g/mol. The largest absolute Gasteiger partial charge is 0.497 e. The first-order chi connectivity index (χ1) is 14.4. The number of hydrogen-bond donors (Lipinski definition) is 1. The topological polar surface area (TPSA) is 68.3 Å². The summed E-state index contributed by atoms with van der Waals surface area (Å²) in [5.74, 6) is 0.986. The lowest BCUT2D eigenvalue weighted by Gasteiger charge is -2.17. The zero-order valence-corrected chi connectivity index (χ0v) is 18.0. The summed E-state index contributed by atoms with van der Waals surface area (Å²) >= 11 is 5.90. The molecule has 0 aliphatic rings. The molecule has 0 amide bonds. The van der Waals surface area contributed by atoms with Crippen molar-refractivity contribution in [1.29, 1.82) is 0 Å². The fourth-order valence-electron chi connectivity index (χ4n) is 3.36. The number of fused-ring (bicyclic) bond motifs is 1. The molecule has 0 aliphatic heterocycles. The molecule has 0 bridgehead atoms. The predicted molar refractivity (Wildman–Crippen MR) is 121 cm³/mol. The van der Waals surface area contributed by atoms with Crippen molar-refractivity contribution < 1.29 is 13.2 Å². The smallest absolute Gasteiger partial charge is 0.263 e. The maximum Gasteiger partial charge on any atom is 0.263 e. The van der Waals surface area contributed by atoms with Gasteiger partial charge >= 0.3 is 0 Å². The minimum absolute atomic E-state index is 0.111. The van der Waals surface area contributed by atoms with Crippen LogP contribution in [0.25, 0.3) is 22.0 Å². The van der Waals surface area contributed by atoms with E-state index in [9.17, 15) is 8.42 Å². The minimum atomic E-state index is -3.85. The average Bonchev–Trinajstić information content (AvgIpc) is 2.74. The first-order valence-electron chi connectivity index (χ1n) is 9.21. The summed E-state index contributed by atoms with van der Waals surface area (Å²) in [7, 11) is -2.25. The second-order valence-electron chi connectivity index (χ2n) is 6.77. The molecule has 1 aromatic heterocycles. The van der Waals surface area contributed by atoms with Crippen LogP contribution in [0, 0.1) is 6.92 Å². The Labute approximate surface area is 180 Å². The van der Waals surface area contributed by atoms with Gasteiger partial charge < -0.3 is 4.74 Å². The van der Waals surface area contributed by atoms with Gasteiger partial charge in [0.2, 0.25) is 0 Å². The van der Waals surface area contributed by atoms with E-state index in [1.165, 1.54) is 12.1 Å². The maximum atomic E-state index is 13.0. The van der Waals surface area contributed by atoms with Gasteiger partial charge in [-0.2, -0.15) is 0 Å². The highest BCUT2D eigenvalue weighted by Crippen LogP contribution is 2.36. The standard InChI is InChI=1S/C23H19ClN2O3S/c1-15-20-5-3-4-6-21(20)25-23(22(15)16-7-11-18(29-2)12-8-16)26-30(27,28)19-13-9-17(24)10-14-19/h3-14H,1-2H3,(H,25,26). The van der Waals surface area contributed by atoms with Crippen molar-refractivity contribution in [3.63, 3.8) is 0 Å². The number of aryl methyl sites for hydroxylation is 1. The van der Waals surface area contributed by atoms with Gasteiger partial charge in [-0.1, -0.05) is 41.9 Å². The predicted octanol–water partition coefficient (Wildman–Crippen LogP) is 5.67. The summed E-state index contributed by atoms with van der Waals surface area (Å²) in [6.07, 6.45) is 0. The number of rotatable bonds is 5. The van der Waals surface area contributed by atoms with E-state index in [4.69, 9.17) is 16.3 Å². The molecule has 0 spiro atoms. The van der Waals surface area contributed by atoms with Gasteiger partial charge in [0.05, 0.1) is 17.5 Å². The van der Waals surface area contributed by atoms with Gasteiger partial charge in [0, 0.05) is 16.0 Å². The lowest BCUT2D eigenvalue weighted by atomic mass is 9.98. The molecule has 1 heterocycles. The number of pyridine rings is 1. The second kappa shape index (κ2) is 7.97. The van der Waals surface area contributed by atoms with Crippen molar-refractivity contribution in [2.45, 2.75) is 11.8 Å². The van der Waals surface area contributed by atoms with Crippen LogP contribution < -0.4 is 9.46 Å². The Hall–Kier alpha value is -3.09. The quantitative estimate of drug-likeness (QED) is 0.435. The Balaban J connectivity index is 1.90. The molecule has 3 aromatic carbocycles. The number of methoxy groups -OCH3 is 1. The lowest BCUT2D eigenvalue weighted by Crippen LogP contribution is -2.15. The van der Waals surface area contributed by atoms with Crippen molar-refractivity contribution in [2.24, 2.45) is 0 Å². The molecule has 0 saturated heterocycles. The Kier molecular flexibility index (Phi) is 5.37. The van der Waals surface area contributed by atoms with Crippen molar-refractivity contribution in [3.05, 3.63) is 83.4 Å². The lowest BCUT2D eigenvalue weighted by molar-refractivity contribution is 0.415. The fourth-order valence-corrected chi connectivity index (χ4v) is 4.50. The van der Waals surface area contributed by atoms with Gasteiger partial charge in [-0.15, -0.1) is 0 Å². The van der Waals surface area contributed by atoms with E-state index in [1.807, 2.05) is 55.5 Å². The van der Waals surface area contributed by atoms with Crippen LogP contribution in [0.1, 0.15) is 5.56 Å². The summed E-state index contributed by atoms with van der Waals surface area (Å²) in [6, 6.07) is 21.1. The molecule has 0 radical (unpaired) electrons. The molecule has 0 saturated carbocycles. The summed E-state index contributed by atoms with van der Waals surface area (Å²) in [6.45, 7) is 1.96. The third kappa shape index (κ3) is 3.84. The number of hydrogen-bond acceptors (Lipinski definition) is 4. The summed E-state index contributed by atoms with van der Waals surface area (Å²) in [4.78, 5) is 4.75. The van der Waals surface area contributed by atoms with E-state index in [2.05, 4.69) is 9.71 Å². The van der Waals surface area contributed by atoms with Gasteiger partial charge in [0.1, 0.15) is 11.6 Å². The maximum absolute atomic E-state index is 13.0. The van der Waals surface area contributed by atoms with Crippen LogP contribution in [0.15, 0.2) is 77.7 Å². The number of ether oxygens (including phenoxy) is 1. The summed E-state index contributed by atoms with van der Waals surface area (Å²) in [5.41, 5.74) is 3.19. The highest BCUT2D eigenvalue weighted by Gasteiger charge is 2.20. The van der Waals surface area contributed by atoms with E-state index < -0.39 is 10.0 Å². The van der Waals surface area contributed by atoms with Gasteiger partial charge in [-0.3, -0.25) is 4.72 Å². The van der Waals surface area contributed by atoms with Crippen LogP contribution in [-0.4, -0.2) is 20.5 Å². The number of sulfonamides is 1. The van der Waals surface area contributed by atoms with E-state index in [-0.39, 0.29) is 10.7 Å². The monoisotopic (exact) mass is 438 g/mol. The highest BCUT2D eigenvalue weighted by molar-refractivity contribution is 7.92. The zero-order valence-electron chi connectivity index (χ0n) is 16.4. The van der Waals surface area contributed by atoms with Crippen LogP contribution in [0.4, 0.5) is 5.82 Å². The number of benzene rings is 3. The number of anilines is 1. The molecule has 30 heavy (non-hydrogen) atoms. The Bertz CT molecular complexity index is 1320. The fraction of sp³-hybridized carbons (Fsp3) is 0.0870. The van der Waals surface area contributed by atoms with Crippen LogP contribution in [-0.2, 0) is 10.0 Å². The molecule has 0 aliphatic carbocycles. The van der Waals surface area contributed by atoms with Crippen LogP contribution in [0.5, 0.6) is 5.75 Å². The van der Waals surface area contributed by atoms with Gasteiger partial charge in [0.15, 0.2) is 0 Å². The minimum Gasteiger partial charge on any atom is -0.497 e. The molecule has 4 rings (SSSR count). The number of aromatic nitrogens is 1. The Morgan fingerprint density at radius 3 is 2.27 bits per heavy atom. The third-order valence-corrected chi connectivity index (χ3v) is 6.49. The normalized spacial score (nSPS) is 11.4. The molecule has 1 N–H and O–H groups in total. The summed E-state index contributed by atoms with van der Waals surface area (Å²) in [5, 5.41) is 1.42. The molecular weight excluding hydrogens is 420 g/mol. The van der Waals surface area contributed by atoms with E-state index in [0.29, 0.717) is 21.9 Å². The molecule has 4 aromatic rings. The first-order valence-corrected chi connectivity index (χ1v) is 11.1. The second-order valence-corrected chi connectivity index (χ2v) is 8.88. The summed E-state index contributed by atoms with van der Waals surface area (Å²) < 4.78 is 34.0. The molecule has 5 nitrogen and oxygen atoms in total. The van der Waals surface area contributed by atoms with Crippen LogP contribution >= 0.6 is 11.6 Å². The van der Waals surface area contributed by atoms with Gasteiger partial charge in [-0.25, -0.2) is 13.4 Å². The van der Waals surface area contributed by atoms with E-state index >= 15 is 0 Å². The van der Waals surface area contributed by atoms with Gasteiger partial charge in [-0.05, 0) is 60.5 Å². The molecule has 152 valence electrons. The Morgan fingerprint density at radius 1 is 0.933 bits per heavy atom. The van der Waals surface area contributed by atoms with E-state index in [0.717, 1.165) is 16.5 Å². The molecule has 7 heteroatoms. The SMILES string of the molecule is COc1ccc(-c2c(NS(=O)(=O)c3ccc(Cl)cc3)nc3ccccc3c2C)cc1. The number of para-hydroxylation sites is 1. The zero-order chi connectivity index (χ0) is 21.3. The highest BCUT2D eigenvalue weighted by atomic mass is 35.5. The van der Waals surface area contributed by atoms with Crippen molar-refractivity contribution in [2.75, 3.05) is 11.8 Å². The van der Waals surface area contributed by atoms with Crippen LogP contribution in [0.2, 0.25) is 5.02 Å². The van der Waals surface area contributed by atoms with Crippen molar-refractivity contribution >= 4 is 38.3 Å². The molecule has 0 unspecified atom stereocenters. The number of halogens is 1. The van der Waals surface area contributed by atoms with Crippen molar-refractivity contribution in [3.8, 4) is 16.9 Å². The first kappa shape index (κ1) is 20.2. The number of nitrogens with zero attached hydrogens (tertiary/aromatic N) is 1. The third-order valence-electron chi connectivity index (χ3n) is 4.89. The van der Waals surface area contributed by atoms with Crippen LogP contribution in [0.3, 0.4) is 0 Å². The molecular formula is C23H19ClN2O3S. The van der Waals surface area contributed by atoms with Crippen molar-refractivity contribution in [1.82, 2.24) is 4.98 Å². The van der Waals surface area contributed by atoms with Gasteiger partial charge in [0.25, 0.3) is 10.0 Å². The number of nitrogens with one attached hydrogen (secondary N) is 1. The molecule has 0 fully saturated rings. The van der Waals surface area contributed by atoms with E-state index in [1.54, 1.807) is 19.2 Å². The Morgan fingerprint density at radius 2 is 1.60 bits per heavy atom.